The van der Waals surface area contributed by atoms with Gasteiger partial charge >= 0.3 is 5.97 Å². The van der Waals surface area contributed by atoms with Crippen molar-refractivity contribution in [2.24, 2.45) is 0 Å². The van der Waals surface area contributed by atoms with Crippen molar-refractivity contribution in [2.75, 3.05) is 6.61 Å². The van der Waals surface area contributed by atoms with Gasteiger partial charge in [-0.25, -0.2) is 0 Å². The van der Waals surface area contributed by atoms with E-state index in [4.69, 9.17) is 9.47 Å². The van der Waals surface area contributed by atoms with Crippen molar-refractivity contribution < 1.29 is 14.3 Å². The van der Waals surface area contributed by atoms with Crippen LogP contribution < -0.4 is 4.74 Å². The molecule has 3 nitrogen and oxygen atoms in total. The van der Waals surface area contributed by atoms with Gasteiger partial charge in [0.15, 0.2) is 0 Å². The van der Waals surface area contributed by atoms with Crippen LogP contribution in [-0.2, 0) is 9.53 Å². The van der Waals surface area contributed by atoms with E-state index in [9.17, 15) is 4.79 Å². The third kappa shape index (κ3) is 4.92. The van der Waals surface area contributed by atoms with Gasteiger partial charge in [-0.3, -0.25) is 4.79 Å². The largest absolute Gasteiger partial charge is 0.493 e. The number of carbonyl (C=O) groups is 1. The molecule has 1 saturated carbocycles. The molecule has 1 aliphatic rings. The molecule has 2 rings (SSSR count). The summed E-state index contributed by atoms with van der Waals surface area (Å²) in [6.45, 7) is 6.10. The van der Waals surface area contributed by atoms with Crippen LogP contribution >= 0.6 is 0 Å². The average molecular weight is 288 g/mol. The second-order valence-corrected chi connectivity index (χ2v) is 5.86. The fourth-order valence-electron chi connectivity index (χ4n) is 2.68. The molecule has 0 atom stereocenters. The molecule has 0 saturated heterocycles. The first-order valence-electron chi connectivity index (χ1n) is 7.68. The molecule has 1 fully saturated rings. The van der Waals surface area contributed by atoms with Gasteiger partial charge < -0.3 is 9.47 Å². The van der Waals surface area contributed by atoms with E-state index in [-0.39, 0.29) is 11.6 Å². The van der Waals surface area contributed by atoms with Crippen molar-refractivity contribution in [3.8, 4) is 5.75 Å². The molecular formula is C18H24O3. The van der Waals surface area contributed by atoms with Gasteiger partial charge in [0.2, 0.25) is 0 Å². The smallest absolute Gasteiger partial charge is 0.309 e. The number of carbonyl (C=O) groups excluding carboxylic acids is 1. The van der Waals surface area contributed by atoms with E-state index in [1.807, 2.05) is 31.2 Å². The van der Waals surface area contributed by atoms with Crippen LogP contribution in [0.4, 0.5) is 0 Å². The van der Waals surface area contributed by atoms with Gasteiger partial charge in [-0.2, -0.15) is 0 Å². The minimum Gasteiger partial charge on any atom is -0.493 e. The molecule has 0 radical (unpaired) electrons. The zero-order valence-corrected chi connectivity index (χ0v) is 12.8. The average Bonchev–Trinajstić information content (AvgIpc) is 2.48. The molecule has 114 valence electrons. The minimum absolute atomic E-state index is 0.165. The number of hydrogen-bond acceptors (Lipinski definition) is 3. The van der Waals surface area contributed by atoms with Gasteiger partial charge in [0.1, 0.15) is 11.4 Å². The van der Waals surface area contributed by atoms with E-state index in [0.717, 1.165) is 37.0 Å². The van der Waals surface area contributed by atoms with Crippen molar-refractivity contribution in [1.29, 1.82) is 0 Å². The third-order valence-electron chi connectivity index (χ3n) is 3.96. The molecule has 0 bridgehead atoms. The number of esters is 1. The number of benzene rings is 1. The van der Waals surface area contributed by atoms with Gasteiger partial charge in [0.25, 0.3) is 0 Å². The summed E-state index contributed by atoms with van der Waals surface area (Å²) in [5, 5.41) is 0. The lowest BCUT2D eigenvalue weighted by molar-refractivity contribution is -0.161. The second-order valence-electron chi connectivity index (χ2n) is 5.86. The van der Waals surface area contributed by atoms with Crippen molar-refractivity contribution in [3.05, 3.63) is 36.4 Å². The molecule has 21 heavy (non-hydrogen) atoms. The van der Waals surface area contributed by atoms with Crippen LogP contribution in [0.5, 0.6) is 5.75 Å². The zero-order valence-electron chi connectivity index (χ0n) is 12.8. The van der Waals surface area contributed by atoms with E-state index >= 15 is 0 Å². The van der Waals surface area contributed by atoms with Gasteiger partial charge in [0.05, 0.1) is 13.0 Å². The Kier molecular flexibility index (Phi) is 5.43. The van der Waals surface area contributed by atoms with Crippen molar-refractivity contribution in [3.63, 3.8) is 0 Å². The molecule has 0 amide bonds. The molecule has 0 unspecified atom stereocenters. The van der Waals surface area contributed by atoms with E-state index in [1.54, 1.807) is 6.08 Å². The first-order chi connectivity index (χ1) is 10.1. The molecule has 0 heterocycles. The topological polar surface area (TPSA) is 35.5 Å². The lowest BCUT2D eigenvalue weighted by atomic mass is 9.86. The highest BCUT2D eigenvalue weighted by Gasteiger charge is 2.30. The van der Waals surface area contributed by atoms with Crippen molar-refractivity contribution in [2.45, 2.75) is 51.0 Å². The Labute approximate surface area is 127 Å². The van der Waals surface area contributed by atoms with Crippen LogP contribution in [0.1, 0.15) is 51.0 Å². The van der Waals surface area contributed by atoms with Crippen molar-refractivity contribution in [1.82, 2.24) is 0 Å². The van der Waals surface area contributed by atoms with Crippen LogP contribution in [0.15, 0.2) is 30.8 Å². The molecule has 0 spiro atoms. The van der Waals surface area contributed by atoms with Gasteiger partial charge in [0, 0.05) is 0 Å². The minimum atomic E-state index is -0.263. The van der Waals surface area contributed by atoms with Crippen LogP contribution in [0.25, 0.3) is 6.08 Å². The quantitative estimate of drug-likeness (QED) is 0.729. The van der Waals surface area contributed by atoms with Crippen molar-refractivity contribution >= 4 is 12.0 Å². The van der Waals surface area contributed by atoms with Crippen LogP contribution in [-0.4, -0.2) is 18.2 Å². The Morgan fingerprint density at radius 2 is 1.90 bits per heavy atom. The van der Waals surface area contributed by atoms with Gasteiger partial charge in [-0.05, 0) is 50.3 Å². The first kappa shape index (κ1) is 15.6. The molecule has 1 aliphatic carbocycles. The Bertz CT molecular complexity index is 470. The van der Waals surface area contributed by atoms with Crippen LogP contribution in [0.2, 0.25) is 0 Å². The normalized spacial score (nSPS) is 17.0. The maximum Gasteiger partial charge on any atom is 0.309 e. The summed E-state index contributed by atoms with van der Waals surface area (Å²) in [5.74, 6) is 0.597. The highest BCUT2D eigenvalue weighted by Crippen LogP contribution is 2.31. The second kappa shape index (κ2) is 7.30. The fraction of sp³-hybridized carbons (Fsp3) is 0.500. The van der Waals surface area contributed by atoms with E-state index in [2.05, 4.69) is 6.58 Å². The molecule has 3 heteroatoms. The summed E-state index contributed by atoms with van der Waals surface area (Å²) in [4.78, 5) is 11.9. The molecule has 0 aliphatic heterocycles. The highest BCUT2D eigenvalue weighted by atomic mass is 16.6. The molecule has 1 aromatic rings. The Balaban J connectivity index is 1.72. The number of rotatable bonds is 6. The van der Waals surface area contributed by atoms with Crippen LogP contribution in [0.3, 0.4) is 0 Å². The molecular weight excluding hydrogens is 264 g/mol. The number of ether oxygens (including phenoxy) is 2. The van der Waals surface area contributed by atoms with Crippen LogP contribution in [0, 0.1) is 0 Å². The first-order valence-corrected chi connectivity index (χ1v) is 7.68. The molecule has 0 aromatic heterocycles. The Hall–Kier alpha value is -1.77. The standard InChI is InChI=1S/C18H24O3/c1-3-15-7-9-16(10-8-15)20-14-11-17(19)21-18(2)12-5-4-6-13-18/h3,7-10H,1,4-6,11-14H2,2H3. The maximum absolute atomic E-state index is 11.9. The number of hydrogen-bond donors (Lipinski definition) is 0. The van der Waals surface area contributed by atoms with E-state index in [1.165, 1.54) is 6.42 Å². The Morgan fingerprint density at radius 3 is 2.52 bits per heavy atom. The SMILES string of the molecule is C=Cc1ccc(OCCC(=O)OC2(C)CCCCC2)cc1. The Morgan fingerprint density at radius 1 is 1.24 bits per heavy atom. The molecule has 1 aromatic carbocycles. The third-order valence-corrected chi connectivity index (χ3v) is 3.96. The predicted molar refractivity (Wildman–Crippen MR) is 84.2 cm³/mol. The summed E-state index contributed by atoms with van der Waals surface area (Å²) >= 11 is 0. The summed E-state index contributed by atoms with van der Waals surface area (Å²) in [6.07, 6.45) is 7.57. The fourth-order valence-corrected chi connectivity index (χ4v) is 2.68. The van der Waals surface area contributed by atoms with E-state index in [0.29, 0.717) is 13.0 Å². The highest BCUT2D eigenvalue weighted by molar-refractivity contribution is 5.70. The lowest BCUT2D eigenvalue weighted by Gasteiger charge is -2.33. The molecule has 0 N–H and O–H groups in total. The summed E-state index contributed by atoms with van der Waals surface area (Å²) in [5.41, 5.74) is 0.785. The lowest BCUT2D eigenvalue weighted by Crippen LogP contribution is -2.34. The summed E-state index contributed by atoms with van der Waals surface area (Å²) < 4.78 is 11.2. The zero-order chi connectivity index (χ0) is 15.1. The summed E-state index contributed by atoms with van der Waals surface area (Å²) in [7, 11) is 0. The maximum atomic E-state index is 11.9. The monoisotopic (exact) mass is 288 g/mol. The predicted octanol–water partition coefficient (Wildman–Crippen LogP) is 4.36. The van der Waals surface area contributed by atoms with Gasteiger partial charge in [-0.1, -0.05) is 31.2 Å². The van der Waals surface area contributed by atoms with Gasteiger partial charge in [-0.15, -0.1) is 0 Å². The van der Waals surface area contributed by atoms with E-state index < -0.39 is 0 Å². The summed E-state index contributed by atoms with van der Waals surface area (Å²) in [6, 6.07) is 7.63.